The third-order valence-electron chi connectivity index (χ3n) is 13.5. The van der Waals surface area contributed by atoms with Gasteiger partial charge in [-0.1, -0.05) is 135 Å². The van der Waals surface area contributed by atoms with E-state index in [9.17, 15) is 0 Å². The lowest BCUT2D eigenvalue weighted by Crippen LogP contribution is -2.25. The number of hydrogen-bond acceptors (Lipinski definition) is 5. The minimum atomic E-state index is -0.0603. The van der Waals surface area contributed by atoms with Crippen molar-refractivity contribution in [2.45, 2.75) is 78.6 Å². The molecule has 68 heavy (non-hydrogen) atoms. The highest BCUT2D eigenvalue weighted by molar-refractivity contribution is 7.27. The van der Waals surface area contributed by atoms with Gasteiger partial charge in [-0.05, 0) is 122 Å². The molecule has 6 nitrogen and oxygen atoms in total. The first-order valence-electron chi connectivity index (χ1n) is 23.5. The van der Waals surface area contributed by atoms with Crippen LogP contribution >= 0.6 is 11.3 Å². The molecule has 0 unspecified atom stereocenters. The van der Waals surface area contributed by atoms with Gasteiger partial charge in [-0.15, -0.1) is 11.3 Å². The number of rotatable bonds is 6. The molecule has 4 heterocycles. The number of thiophene rings is 1. The van der Waals surface area contributed by atoms with Crippen molar-refractivity contribution in [1.29, 1.82) is 0 Å². The minimum Gasteiger partial charge on any atom is -0.457 e. The van der Waals surface area contributed by atoms with Crippen LogP contribution in [0.15, 0.2) is 158 Å². The highest BCUT2D eigenvalue weighted by atomic mass is 32.1. The van der Waals surface area contributed by atoms with Crippen LogP contribution in [-0.2, 0) is 16.2 Å². The van der Waals surface area contributed by atoms with Crippen LogP contribution in [0.4, 0.5) is 28.4 Å². The van der Waals surface area contributed by atoms with Gasteiger partial charge in [0.25, 0.3) is 0 Å². The van der Waals surface area contributed by atoms with Crippen molar-refractivity contribution in [2.75, 3.05) is 16.5 Å². The van der Waals surface area contributed by atoms with E-state index in [-0.39, 0.29) is 16.2 Å². The second-order valence-electron chi connectivity index (χ2n) is 21.3. The fourth-order valence-electron chi connectivity index (χ4n) is 9.68. The van der Waals surface area contributed by atoms with Crippen LogP contribution in [0.2, 0.25) is 0 Å². The summed E-state index contributed by atoms with van der Waals surface area (Å²) in [7, 11) is 0. The van der Waals surface area contributed by atoms with Crippen molar-refractivity contribution in [3.63, 3.8) is 0 Å². The summed E-state index contributed by atoms with van der Waals surface area (Å²) in [6.07, 6.45) is 1.95. The van der Waals surface area contributed by atoms with Crippen molar-refractivity contribution in [3.05, 3.63) is 186 Å². The Morgan fingerprint density at radius 2 is 1.24 bits per heavy atom. The summed E-state index contributed by atoms with van der Waals surface area (Å²) < 4.78 is 11.9. The van der Waals surface area contributed by atoms with E-state index in [0.717, 1.165) is 56.4 Å². The predicted molar refractivity (Wildman–Crippen MR) is 288 cm³/mol. The van der Waals surface area contributed by atoms with E-state index in [1.807, 2.05) is 41.8 Å². The molecule has 0 saturated carbocycles. The summed E-state index contributed by atoms with van der Waals surface area (Å²) in [4.78, 5) is 13.6. The standard InChI is InChI=1S/C61H55N5OS/c1-59(2,3)41-27-28-63-55(34-41)66-53-36-47(24-25-50(53)58-57(66)56-49-16-12-11-15-39(49)21-26-54(56)68-58)67-48-30-40(38-19-22-44(62-10)23-20-38)29-45(35-48)64-37-65(52-18-14-13-17-51(52)64)46-32-42(60(4,5)6)31-43(33-46)61(7,8)9/h11-36H,37H2,1-9H3. The van der Waals surface area contributed by atoms with E-state index in [1.165, 1.54) is 53.5 Å². The molecule has 0 amide bonds. The van der Waals surface area contributed by atoms with Crippen LogP contribution in [0.25, 0.3) is 63.8 Å². The molecule has 0 atom stereocenters. The maximum Gasteiger partial charge on any atom is 0.187 e. The first-order valence-corrected chi connectivity index (χ1v) is 24.3. The quantitative estimate of drug-likeness (QED) is 0.156. The van der Waals surface area contributed by atoms with Crippen molar-refractivity contribution in [3.8, 4) is 28.4 Å². The molecule has 1 aliphatic rings. The number of fused-ring (bicyclic) bond motifs is 8. The van der Waals surface area contributed by atoms with Gasteiger partial charge < -0.3 is 14.5 Å². The van der Waals surface area contributed by atoms with Gasteiger partial charge in [0.05, 0.1) is 33.7 Å². The molecule has 0 bridgehead atoms. The molecule has 7 heteroatoms. The maximum atomic E-state index is 7.63. The fourth-order valence-corrected chi connectivity index (χ4v) is 10.9. The summed E-state index contributed by atoms with van der Waals surface area (Å²) in [6.45, 7) is 28.8. The fraction of sp³-hybridized carbons (Fsp3) is 0.213. The van der Waals surface area contributed by atoms with Crippen LogP contribution < -0.4 is 14.5 Å². The van der Waals surface area contributed by atoms with Gasteiger partial charge in [0.15, 0.2) is 5.69 Å². The third-order valence-corrected chi connectivity index (χ3v) is 14.7. The van der Waals surface area contributed by atoms with E-state index in [4.69, 9.17) is 16.3 Å². The Morgan fingerprint density at radius 3 is 1.91 bits per heavy atom. The summed E-state index contributed by atoms with van der Waals surface area (Å²) >= 11 is 1.84. The number of anilines is 4. The Bertz CT molecular complexity index is 3630. The van der Waals surface area contributed by atoms with Crippen molar-refractivity contribution < 1.29 is 4.74 Å². The Morgan fingerprint density at radius 1 is 0.574 bits per heavy atom. The molecule has 1 aliphatic heterocycles. The van der Waals surface area contributed by atoms with Crippen molar-refractivity contribution in [2.24, 2.45) is 0 Å². The Balaban J connectivity index is 1.07. The second kappa shape index (κ2) is 15.9. The van der Waals surface area contributed by atoms with Gasteiger partial charge in [0.1, 0.15) is 24.0 Å². The zero-order valence-corrected chi connectivity index (χ0v) is 41.1. The van der Waals surface area contributed by atoms with Crippen LogP contribution in [0.5, 0.6) is 11.5 Å². The predicted octanol–water partition coefficient (Wildman–Crippen LogP) is 17.7. The van der Waals surface area contributed by atoms with Crippen LogP contribution in [0.3, 0.4) is 0 Å². The normalized spacial score (nSPS) is 13.2. The maximum absolute atomic E-state index is 7.63. The van der Waals surface area contributed by atoms with E-state index in [2.05, 4.69) is 209 Å². The molecule has 336 valence electrons. The van der Waals surface area contributed by atoms with Gasteiger partial charge in [0.2, 0.25) is 0 Å². The molecule has 0 aliphatic carbocycles. The number of ether oxygens (including phenoxy) is 1. The topological polar surface area (TPSA) is 37.9 Å². The summed E-state index contributed by atoms with van der Waals surface area (Å²) in [5, 5.41) is 4.85. The molecule has 0 saturated heterocycles. The monoisotopic (exact) mass is 905 g/mol. The van der Waals surface area contributed by atoms with Gasteiger partial charge in [-0.2, -0.15) is 0 Å². The molecule has 0 radical (unpaired) electrons. The second-order valence-corrected chi connectivity index (χ2v) is 22.4. The molecule has 7 aromatic carbocycles. The smallest absolute Gasteiger partial charge is 0.187 e. The SMILES string of the molecule is [C-]#[N+]c1ccc(-c2cc(Oc3ccc4c5sc6ccc7ccccc7c6c5n(-c5cc(C(C)(C)C)ccn5)c4c3)cc(N3CN(c4cc(C(C)(C)C)cc(C(C)(C)C)c4)c4ccccc43)c2)cc1. The molecule has 0 N–H and O–H groups in total. The summed E-state index contributed by atoms with van der Waals surface area (Å²) in [5.74, 6) is 2.33. The number of aromatic nitrogens is 2. The number of nitrogens with zero attached hydrogens (tertiary/aromatic N) is 5. The van der Waals surface area contributed by atoms with E-state index >= 15 is 0 Å². The van der Waals surface area contributed by atoms with Gasteiger partial charge in [-0.25, -0.2) is 9.83 Å². The molecule has 11 rings (SSSR count). The average Bonchev–Trinajstić information content (AvgIpc) is 4.00. The number of benzene rings is 7. The molecule has 0 fully saturated rings. The van der Waals surface area contributed by atoms with Gasteiger partial charge in [0, 0.05) is 45.2 Å². The average molecular weight is 906 g/mol. The lowest BCUT2D eigenvalue weighted by atomic mass is 9.80. The van der Waals surface area contributed by atoms with E-state index in [0.29, 0.717) is 12.4 Å². The van der Waals surface area contributed by atoms with E-state index in [1.54, 1.807) is 0 Å². The zero-order valence-electron chi connectivity index (χ0n) is 40.3. The Labute approximate surface area is 403 Å². The molecule has 3 aromatic heterocycles. The summed E-state index contributed by atoms with van der Waals surface area (Å²) in [5.41, 5.74) is 13.1. The minimum absolute atomic E-state index is 0.0201. The van der Waals surface area contributed by atoms with Gasteiger partial charge in [-0.3, -0.25) is 4.57 Å². The van der Waals surface area contributed by atoms with Crippen molar-refractivity contribution in [1.82, 2.24) is 9.55 Å². The molecular weight excluding hydrogens is 851 g/mol. The lowest BCUT2D eigenvalue weighted by Gasteiger charge is -2.29. The summed E-state index contributed by atoms with van der Waals surface area (Å²) in [6, 6.07) is 54.3. The first-order chi connectivity index (χ1) is 32.5. The van der Waals surface area contributed by atoms with Crippen molar-refractivity contribution >= 4 is 81.8 Å². The lowest BCUT2D eigenvalue weighted by molar-refractivity contribution is 0.483. The molecular formula is C61H55N5OS. The van der Waals surface area contributed by atoms with Crippen LogP contribution in [-0.4, -0.2) is 16.2 Å². The molecule has 0 spiro atoms. The first kappa shape index (κ1) is 43.2. The molecule has 10 aromatic rings. The largest absolute Gasteiger partial charge is 0.457 e. The van der Waals surface area contributed by atoms with Crippen LogP contribution in [0.1, 0.15) is 79.0 Å². The Hall–Kier alpha value is -7.40. The highest BCUT2D eigenvalue weighted by Crippen LogP contribution is 2.49. The Kier molecular flexibility index (Phi) is 10.1. The third kappa shape index (κ3) is 7.54. The number of pyridine rings is 1. The number of hydrogen-bond donors (Lipinski definition) is 0. The van der Waals surface area contributed by atoms with Crippen LogP contribution in [0, 0.1) is 6.57 Å². The number of para-hydroxylation sites is 2. The van der Waals surface area contributed by atoms with Gasteiger partial charge >= 0.3 is 0 Å². The highest BCUT2D eigenvalue weighted by Gasteiger charge is 2.31. The zero-order chi connectivity index (χ0) is 47.3. The van der Waals surface area contributed by atoms with E-state index < -0.39 is 0 Å².